The average molecular weight is 480 g/mol. The highest BCUT2D eigenvalue weighted by molar-refractivity contribution is 9.10. The summed E-state index contributed by atoms with van der Waals surface area (Å²) in [7, 11) is 0. The molecular formula is C20H22BrN3O4S. The number of halogens is 1. The summed E-state index contributed by atoms with van der Waals surface area (Å²) in [5, 5.41) is 2.45. The van der Waals surface area contributed by atoms with Gasteiger partial charge in [-0.25, -0.2) is 0 Å². The lowest BCUT2D eigenvalue weighted by atomic mass is 10.2. The Morgan fingerprint density at radius 1 is 1.03 bits per heavy atom. The summed E-state index contributed by atoms with van der Waals surface area (Å²) in [5.41, 5.74) is 5.18. The van der Waals surface area contributed by atoms with Gasteiger partial charge < -0.3 is 9.47 Å². The molecule has 0 atom stereocenters. The van der Waals surface area contributed by atoms with Crippen molar-refractivity contribution in [2.24, 2.45) is 5.92 Å². The molecule has 7 nitrogen and oxygen atoms in total. The molecule has 9 heteroatoms. The molecule has 0 saturated heterocycles. The van der Waals surface area contributed by atoms with Gasteiger partial charge >= 0.3 is 0 Å². The highest BCUT2D eigenvalue weighted by Gasteiger charge is 2.14. The van der Waals surface area contributed by atoms with Crippen molar-refractivity contribution in [3.63, 3.8) is 0 Å². The van der Waals surface area contributed by atoms with E-state index in [9.17, 15) is 9.59 Å². The number of para-hydroxylation sites is 1. The molecule has 2 amide bonds. The topological polar surface area (TPSA) is 88.7 Å². The molecule has 0 aliphatic carbocycles. The minimum Gasteiger partial charge on any atom is -0.492 e. The maximum atomic E-state index is 12.4. The van der Waals surface area contributed by atoms with Crippen molar-refractivity contribution < 1.29 is 19.1 Å². The SMILES string of the molecule is CC(C)COc1ccccc1C(=O)NC(=S)NNC(=O)COc1ccc(Br)cc1. The first kappa shape index (κ1) is 22.6. The van der Waals surface area contributed by atoms with Crippen LogP contribution in [0.15, 0.2) is 53.0 Å². The number of carbonyl (C=O) groups excluding carboxylic acids is 2. The third kappa shape index (κ3) is 8.08. The zero-order chi connectivity index (χ0) is 21.2. The normalized spacial score (nSPS) is 10.2. The number of thiocarbonyl (C=S) groups is 1. The molecular weight excluding hydrogens is 458 g/mol. The van der Waals surface area contributed by atoms with Gasteiger partial charge in [-0.1, -0.05) is 41.9 Å². The van der Waals surface area contributed by atoms with E-state index >= 15 is 0 Å². The van der Waals surface area contributed by atoms with E-state index in [1.165, 1.54) is 0 Å². The minimum absolute atomic E-state index is 0.0503. The number of benzene rings is 2. The predicted octanol–water partition coefficient (Wildman–Crippen LogP) is 3.20. The van der Waals surface area contributed by atoms with Gasteiger partial charge in [0.2, 0.25) is 0 Å². The van der Waals surface area contributed by atoms with E-state index in [1.807, 2.05) is 13.8 Å². The maximum Gasteiger partial charge on any atom is 0.276 e. The van der Waals surface area contributed by atoms with E-state index in [0.29, 0.717) is 29.6 Å². The lowest BCUT2D eigenvalue weighted by Gasteiger charge is -2.14. The van der Waals surface area contributed by atoms with Crippen molar-refractivity contribution in [1.82, 2.24) is 16.2 Å². The Morgan fingerprint density at radius 3 is 2.41 bits per heavy atom. The van der Waals surface area contributed by atoms with Gasteiger partial charge in [0.25, 0.3) is 11.8 Å². The number of nitrogens with one attached hydrogen (secondary N) is 3. The van der Waals surface area contributed by atoms with Gasteiger partial charge in [0.1, 0.15) is 11.5 Å². The third-order valence-corrected chi connectivity index (χ3v) is 4.16. The molecule has 0 spiro atoms. The second-order valence-corrected chi connectivity index (χ2v) is 7.72. The Labute approximate surface area is 183 Å². The fourth-order valence-electron chi connectivity index (χ4n) is 2.08. The molecule has 0 saturated carbocycles. The first-order valence-corrected chi connectivity index (χ1v) is 10.1. The van der Waals surface area contributed by atoms with Crippen LogP contribution in [-0.4, -0.2) is 30.1 Å². The first-order chi connectivity index (χ1) is 13.8. The van der Waals surface area contributed by atoms with Crippen LogP contribution >= 0.6 is 28.1 Å². The van der Waals surface area contributed by atoms with E-state index < -0.39 is 11.8 Å². The summed E-state index contributed by atoms with van der Waals surface area (Å²) in [5.74, 6) is 0.446. The van der Waals surface area contributed by atoms with Crippen LogP contribution in [0.25, 0.3) is 0 Å². The van der Waals surface area contributed by atoms with E-state index in [-0.39, 0.29) is 11.7 Å². The minimum atomic E-state index is -0.454. The van der Waals surface area contributed by atoms with Crippen LogP contribution in [0.3, 0.4) is 0 Å². The van der Waals surface area contributed by atoms with Crippen LogP contribution in [-0.2, 0) is 4.79 Å². The molecule has 0 bridgehead atoms. The average Bonchev–Trinajstić information content (AvgIpc) is 2.70. The molecule has 29 heavy (non-hydrogen) atoms. The lowest BCUT2D eigenvalue weighted by Crippen LogP contribution is -2.49. The van der Waals surface area contributed by atoms with Gasteiger partial charge in [-0.15, -0.1) is 0 Å². The van der Waals surface area contributed by atoms with Crippen molar-refractivity contribution in [3.8, 4) is 11.5 Å². The Bertz CT molecular complexity index is 859. The van der Waals surface area contributed by atoms with Crippen LogP contribution in [0.2, 0.25) is 0 Å². The molecule has 2 aromatic carbocycles. The van der Waals surface area contributed by atoms with Gasteiger partial charge in [-0.2, -0.15) is 0 Å². The lowest BCUT2D eigenvalue weighted by molar-refractivity contribution is -0.123. The predicted molar refractivity (Wildman–Crippen MR) is 118 cm³/mol. The molecule has 154 valence electrons. The van der Waals surface area contributed by atoms with Gasteiger partial charge in [-0.3, -0.25) is 25.8 Å². The van der Waals surface area contributed by atoms with E-state index in [0.717, 1.165) is 4.47 Å². The number of hydrogen-bond acceptors (Lipinski definition) is 5. The van der Waals surface area contributed by atoms with E-state index in [1.54, 1.807) is 48.5 Å². The number of hydrogen-bond donors (Lipinski definition) is 3. The van der Waals surface area contributed by atoms with E-state index in [2.05, 4.69) is 32.1 Å². The number of rotatable bonds is 7. The Kier molecular flexibility index (Phi) is 8.88. The first-order valence-electron chi connectivity index (χ1n) is 8.85. The van der Waals surface area contributed by atoms with Gasteiger partial charge in [-0.05, 0) is 54.5 Å². The summed E-state index contributed by atoms with van der Waals surface area (Å²) >= 11 is 8.37. The Morgan fingerprint density at radius 2 is 1.72 bits per heavy atom. The maximum absolute atomic E-state index is 12.4. The fraction of sp³-hybridized carbons (Fsp3) is 0.250. The van der Waals surface area contributed by atoms with Crippen LogP contribution in [0.1, 0.15) is 24.2 Å². The van der Waals surface area contributed by atoms with Crippen molar-refractivity contribution in [2.45, 2.75) is 13.8 Å². The Balaban J connectivity index is 1.79. The second kappa shape index (κ2) is 11.4. The van der Waals surface area contributed by atoms with Crippen LogP contribution in [0.4, 0.5) is 0 Å². The number of hydrazine groups is 1. The van der Waals surface area contributed by atoms with Crippen molar-refractivity contribution in [1.29, 1.82) is 0 Å². The summed E-state index contributed by atoms with van der Waals surface area (Å²) in [4.78, 5) is 24.3. The monoisotopic (exact) mass is 479 g/mol. The van der Waals surface area contributed by atoms with Gasteiger partial charge in [0.15, 0.2) is 11.7 Å². The number of ether oxygens (including phenoxy) is 2. The summed E-state index contributed by atoms with van der Waals surface area (Å²) in [6.45, 7) is 4.31. The molecule has 0 unspecified atom stereocenters. The number of amides is 2. The van der Waals surface area contributed by atoms with Crippen molar-refractivity contribution >= 4 is 45.1 Å². The molecule has 0 aliphatic heterocycles. The van der Waals surface area contributed by atoms with Crippen molar-refractivity contribution in [3.05, 3.63) is 58.6 Å². The number of carbonyl (C=O) groups is 2. The molecule has 2 rings (SSSR count). The van der Waals surface area contributed by atoms with Gasteiger partial charge in [0.05, 0.1) is 12.2 Å². The molecule has 0 fully saturated rings. The summed E-state index contributed by atoms with van der Waals surface area (Å²) < 4.78 is 11.9. The zero-order valence-electron chi connectivity index (χ0n) is 16.0. The molecule has 2 aromatic rings. The van der Waals surface area contributed by atoms with Crippen LogP contribution in [0.5, 0.6) is 11.5 Å². The highest BCUT2D eigenvalue weighted by atomic mass is 79.9. The quantitative estimate of drug-likeness (QED) is 0.417. The van der Waals surface area contributed by atoms with Crippen molar-refractivity contribution in [2.75, 3.05) is 13.2 Å². The third-order valence-electron chi connectivity index (χ3n) is 3.43. The summed E-state index contributed by atoms with van der Waals surface area (Å²) in [6, 6.07) is 13.9. The molecule has 0 radical (unpaired) electrons. The van der Waals surface area contributed by atoms with Crippen LogP contribution in [0, 0.1) is 5.92 Å². The van der Waals surface area contributed by atoms with Gasteiger partial charge in [0, 0.05) is 4.47 Å². The fourth-order valence-corrected chi connectivity index (χ4v) is 2.49. The molecule has 0 aromatic heterocycles. The smallest absolute Gasteiger partial charge is 0.276 e. The summed E-state index contributed by atoms with van der Waals surface area (Å²) in [6.07, 6.45) is 0. The van der Waals surface area contributed by atoms with E-state index in [4.69, 9.17) is 21.7 Å². The molecule has 3 N–H and O–H groups in total. The standard InChI is InChI=1S/C20H22BrN3O4S/c1-13(2)11-28-17-6-4-3-5-16(17)19(26)22-20(29)24-23-18(25)12-27-15-9-7-14(21)8-10-15/h3-10,13H,11-12H2,1-2H3,(H,23,25)(H2,22,24,26,29). The largest absolute Gasteiger partial charge is 0.492 e. The second-order valence-electron chi connectivity index (χ2n) is 6.40. The highest BCUT2D eigenvalue weighted by Crippen LogP contribution is 2.18. The molecule has 0 aliphatic rings. The Hall–Kier alpha value is -2.65. The van der Waals surface area contributed by atoms with Crippen LogP contribution < -0.4 is 25.6 Å². The zero-order valence-corrected chi connectivity index (χ0v) is 18.4. The molecule has 0 heterocycles.